The van der Waals surface area contributed by atoms with Gasteiger partial charge in [0.15, 0.2) is 11.6 Å². The minimum absolute atomic E-state index is 0.269. The van der Waals surface area contributed by atoms with Crippen LogP contribution in [0.4, 0.5) is 4.39 Å². The summed E-state index contributed by atoms with van der Waals surface area (Å²) in [6.07, 6.45) is 2.53. The Morgan fingerprint density at radius 1 is 1.33 bits per heavy atom. The van der Waals surface area contributed by atoms with Crippen LogP contribution in [0.3, 0.4) is 0 Å². The molecule has 1 fully saturated rings. The number of halogens is 1. The van der Waals surface area contributed by atoms with Crippen molar-refractivity contribution >= 4 is 0 Å². The maximum Gasteiger partial charge on any atom is 0.165 e. The molecule has 82 valence electrons. The van der Waals surface area contributed by atoms with Gasteiger partial charge in [0, 0.05) is 6.54 Å². The average Bonchev–Trinajstić information content (AvgIpc) is 2.71. The molecule has 3 heteroatoms. The van der Waals surface area contributed by atoms with Crippen LogP contribution in [-0.4, -0.2) is 25.1 Å². The first kappa shape index (κ1) is 10.4. The fourth-order valence-corrected chi connectivity index (χ4v) is 2.01. The van der Waals surface area contributed by atoms with Crippen LogP contribution in [0.25, 0.3) is 0 Å². The van der Waals surface area contributed by atoms with Gasteiger partial charge in [-0.05, 0) is 43.6 Å². The Hall–Kier alpha value is -1.09. The summed E-state index contributed by atoms with van der Waals surface area (Å²) in [4.78, 5) is 2.35. The second kappa shape index (κ2) is 4.62. The molecule has 1 aliphatic rings. The Labute approximate surface area is 89.7 Å². The van der Waals surface area contributed by atoms with Crippen molar-refractivity contribution in [2.24, 2.45) is 0 Å². The molecule has 0 amide bonds. The molecule has 0 spiro atoms. The number of methoxy groups -OCH3 is 1. The molecule has 0 saturated carbocycles. The molecule has 1 aliphatic heterocycles. The standard InChI is InChI=1S/C12H16FNO/c1-15-12-5-4-10(8-11(12)13)9-14-6-2-3-7-14/h4-5,8H,2-3,6-7,9H2,1H3. The molecule has 0 N–H and O–H groups in total. The average molecular weight is 209 g/mol. The van der Waals surface area contributed by atoms with Crippen LogP contribution in [-0.2, 0) is 6.54 Å². The lowest BCUT2D eigenvalue weighted by Gasteiger charge is -2.14. The fraction of sp³-hybridized carbons (Fsp3) is 0.500. The summed E-state index contributed by atoms with van der Waals surface area (Å²) in [5.41, 5.74) is 1.02. The third-order valence-corrected chi connectivity index (χ3v) is 2.82. The van der Waals surface area contributed by atoms with Gasteiger partial charge in [-0.3, -0.25) is 4.90 Å². The van der Waals surface area contributed by atoms with Crippen molar-refractivity contribution in [3.8, 4) is 5.75 Å². The fourth-order valence-electron chi connectivity index (χ4n) is 2.01. The van der Waals surface area contributed by atoms with Gasteiger partial charge in [0.2, 0.25) is 0 Å². The van der Waals surface area contributed by atoms with E-state index in [1.54, 1.807) is 12.1 Å². The van der Waals surface area contributed by atoms with Crippen LogP contribution >= 0.6 is 0 Å². The van der Waals surface area contributed by atoms with Crippen LogP contribution in [0.2, 0.25) is 0 Å². The predicted molar refractivity (Wildman–Crippen MR) is 57.5 cm³/mol. The molecule has 0 bridgehead atoms. The van der Waals surface area contributed by atoms with Crippen LogP contribution in [0, 0.1) is 5.82 Å². The highest BCUT2D eigenvalue weighted by Gasteiger charge is 2.12. The summed E-state index contributed by atoms with van der Waals surface area (Å²) in [6, 6.07) is 5.19. The zero-order valence-electron chi connectivity index (χ0n) is 9.00. The highest BCUT2D eigenvalue weighted by atomic mass is 19.1. The largest absolute Gasteiger partial charge is 0.494 e. The van der Waals surface area contributed by atoms with Gasteiger partial charge >= 0.3 is 0 Å². The smallest absolute Gasteiger partial charge is 0.165 e. The van der Waals surface area contributed by atoms with Crippen molar-refractivity contribution in [3.63, 3.8) is 0 Å². The van der Waals surface area contributed by atoms with Gasteiger partial charge in [0.25, 0.3) is 0 Å². The molecule has 1 aromatic carbocycles. The summed E-state index contributed by atoms with van der Waals surface area (Å²) in [7, 11) is 1.48. The van der Waals surface area contributed by atoms with E-state index in [2.05, 4.69) is 4.90 Å². The highest BCUT2D eigenvalue weighted by molar-refractivity contribution is 5.29. The maximum absolute atomic E-state index is 13.4. The molecule has 0 unspecified atom stereocenters. The predicted octanol–water partition coefficient (Wildman–Crippen LogP) is 2.43. The number of likely N-dealkylation sites (tertiary alicyclic amines) is 1. The van der Waals surface area contributed by atoms with E-state index >= 15 is 0 Å². The molecule has 0 aromatic heterocycles. The minimum Gasteiger partial charge on any atom is -0.494 e. The van der Waals surface area contributed by atoms with E-state index in [1.165, 1.54) is 20.0 Å². The summed E-state index contributed by atoms with van der Waals surface area (Å²) < 4.78 is 18.3. The second-order valence-electron chi connectivity index (χ2n) is 3.95. The van der Waals surface area contributed by atoms with E-state index < -0.39 is 0 Å². The monoisotopic (exact) mass is 209 g/mol. The van der Waals surface area contributed by atoms with E-state index in [1.807, 2.05) is 6.07 Å². The van der Waals surface area contributed by atoms with Crippen LogP contribution in [0.5, 0.6) is 5.75 Å². The molecule has 2 nitrogen and oxygen atoms in total. The lowest BCUT2D eigenvalue weighted by atomic mass is 10.2. The minimum atomic E-state index is -0.269. The third-order valence-electron chi connectivity index (χ3n) is 2.82. The van der Waals surface area contributed by atoms with E-state index in [-0.39, 0.29) is 5.82 Å². The molecule has 15 heavy (non-hydrogen) atoms. The zero-order chi connectivity index (χ0) is 10.7. The Bertz CT molecular complexity index is 334. The number of hydrogen-bond acceptors (Lipinski definition) is 2. The van der Waals surface area contributed by atoms with Crippen molar-refractivity contribution in [1.29, 1.82) is 0 Å². The van der Waals surface area contributed by atoms with Crippen molar-refractivity contribution in [2.75, 3.05) is 20.2 Å². The Morgan fingerprint density at radius 3 is 2.67 bits per heavy atom. The molecule has 0 atom stereocenters. The second-order valence-corrected chi connectivity index (χ2v) is 3.95. The number of rotatable bonds is 3. The van der Waals surface area contributed by atoms with E-state index in [4.69, 9.17) is 4.74 Å². The van der Waals surface area contributed by atoms with Crippen LogP contribution < -0.4 is 4.74 Å². The molecule has 1 aromatic rings. The molecule has 0 aliphatic carbocycles. The number of benzene rings is 1. The van der Waals surface area contributed by atoms with E-state index in [0.717, 1.165) is 25.2 Å². The van der Waals surface area contributed by atoms with Crippen molar-refractivity contribution in [3.05, 3.63) is 29.6 Å². The molecular weight excluding hydrogens is 193 g/mol. The molecular formula is C12H16FNO. The van der Waals surface area contributed by atoms with Gasteiger partial charge in [0.05, 0.1) is 7.11 Å². The van der Waals surface area contributed by atoms with Gasteiger partial charge < -0.3 is 4.74 Å². The molecule has 0 radical (unpaired) electrons. The molecule has 1 saturated heterocycles. The normalized spacial score (nSPS) is 16.9. The third kappa shape index (κ3) is 2.48. The zero-order valence-corrected chi connectivity index (χ0v) is 9.00. The van der Waals surface area contributed by atoms with Gasteiger partial charge in [-0.15, -0.1) is 0 Å². The van der Waals surface area contributed by atoms with Crippen molar-refractivity contribution < 1.29 is 9.13 Å². The summed E-state index contributed by atoms with van der Waals surface area (Å²) in [5, 5.41) is 0. The number of nitrogens with zero attached hydrogens (tertiary/aromatic N) is 1. The summed E-state index contributed by atoms with van der Waals surface area (Å²) in [5.74, 6) is 0.0503. The van der Waals surface area contributed by atoms with Gasteiger partial charge in [-0.1, -0.05) is 6.07 Å². The first-order chi connectivity index (χ1) is 7.29. The quantitative estimate of drug-likeness (QED) is 0.758. The number of hydrogen-bond donors (Lipinski definition) is 0. The van der Waals surface area contributed by atoms with Crippen molar-refractivity contribution in [1.82, 2.24) is 4.90 Å². The molecule has 2 rings (SSSR count). The summed E-state index contributed by atoms with van der Waals surface area (Å²) in [6.45, 7) is 3.11. The first-order valence-corrected chi connectivity index (χ1v) is 5.34. The first-order valence-electron chi connectivity index (χ1n) is 5.34. The summed E-state index contributed by atoms with van der Waals surface area (Å²) >= 11 is 0. The number of ether oxygens (including phenoxy) is 1. The highest BCUT2D eigenvalue weighted by Crippen LogP contribution is 2.19. The van der Waals surface area contributed by atoms with Gasteiger partial charge in [-0.25, -0.2) is 4.39 Å². The molecule has 1 heterocycles. The maximum atomic E-state index is 13.4. The lowest BCUT2D eigenvalue weighted by molar-refractivity contribution is 0.329. The lowest BCUT2D eigenvalue weighted by Crippen LogP contribution is -2.18. The Morgan fingerprint density at radius 2 is 2.07 bits per heavy atom. The Kier molecular flexibility index (Phi) is 3.21. The topological polar surface area (TPSA) is 12.5 Å². The van der Waals surface area contributed by atoms with Crippen LogP contribution in [0.1, 0.15) is 18.4 Å². The Balaban J connectivity index is 2.05. The SMILES string of the molecule is COc1ccc(CN2CCCC2)cc1F. The van der Waals surface area contributed by atoms with Crippen molar-refractivity contribution in [2.45, 2.75) is 19.4 Å². The van der Waals surface area contributed by atoms with Gasteiger partial charge in [0.1, 0.15) is 0 Å². The van der Waals surface area contributed by atoms with E-state index in [9.17, 15) is 4.39 Å². The van der Waals surface area contributed by atoms with E-state index in [0.29, 0.717) is 5.75 Å². The van der Waals surface area contributed by atoms with Crippen LogP contribution in [0.15, 0.2) is 18.2 Å². The van der Waals surface area contributed by atoms with Gasteiger partial charge in [-0.2, -0.15) is 0 Å².